The molecule has 1 N–H and O–H groups in total. The number of nitrogens with zero attached hydrogens (tertiary/aromatic N) is 3. The molecule has 0 saturated carbocycles. The quantitative estimate of drug-likeness (QED) is 0.724. The summed E-state index contributed by atoms with van der Waals surface area (Å²) < 4.78 is 3.17. The SMILES string of the molecule is CNC(=O)Cn1ccc(-n2cc(C#Cc3cccc(C)c3)nc2C)cc1=O. The van der Waals surface area contributed by atoms with Crippen molar-refractivity contribution in [2.24, 2.45) is 0 Å². The lowest BCUT2D eigenvalue weighted by Gasteiger charge is -2.08. The number of benzene rings is 1. The summed E-state index contributed by atoms with van der Waals surface area (Å²) in [5, 5.41) is 2.50. The van der Waals surface area contributed by atoms with Crippen molar-refractivity contribution >= 4 is 5.91 Å². The molecule has 0 aliphatic heterocycles. The van der Waals surface area contributed by atoms with Gasteiger partial charge in [-0.15, -0.1) is 0 Å². The van der Waals surface area contributed by atoms with Crippen LogP contribution in [0.15, 0.2) is 53.6 Å². The van der Waals surface area contributed by atoms with Gasteiger partial charge in [-0.3, -0.25) is 9.59 Å². The molecule has 1 aromatic carbocycles. The first-order chi connectivity index (χ1) is 13.0. The van der Waals surface area contributed by atoms with Gasteiger partial charge in [0.05, 0.1) is 5.69 Å². The lowest BCUT2D eigenvalue weighted by molar-refractivity contribution is -0.121. The van der Waals surface area contributed by atoms with Gasteiger partial charge in [-0.25, -0.2) is 4.98 Å². The number of hydrogen-bond acceptors (Lipinski definition) is 3. The molecule has 1 amide bonds. The summed E-state index contributed by atoms with van der Waals surface area (Å²) >= 11 is 0. The Kier molecular flexibility index (Phi) is 5.23. The summed E-state index contributed by atoms with van der Waals surface area (Å²) in [4.78, 5) is 28.2. The lowest BCUT2D eigenvalue weighted by atomic mass is 10.1. The smallest absolute Gasteiger partial charge is 0.253 e. The van der Waals surface area contributed by atoms with Crippen LogP contribution in [0.4, 0.5) is 0 Å². The van der Waals surface area contributed by atoms with Crippen molar-refractivity contribution in [1.82, 2.24) is 19.4 Å². The molecular weight excluding hydrogens is 340 g/mol. The maximum atomic E-state index is 12.2. The highest BCUT2D eigenvalue weighted by molar-refractivity contribution is 5.75. The molecule has 27 heavy (non-hydrogen) atoms. The molecule has 2 heterocycles. The summed E-state index contributed by atoms with van der Waals surface area (Å²) in [5.74, 6) is 6.67. The van der Waals surface area contributed by atoms with Gasteiger partial charge >= 0.3 is 0 Å². The van der Waals surface area contributed by atoms with E-state index in [-0.39, 0.29) is 18.0 Å². The number of aryl methyl sites for hydroxylation is 2. The summed E-state index contributed by atoms with van der Waals surface area (Å²) in [7, 11) is 1.54. The molecule has 3 aromatic rings. The number of amides is 1. The predicted octanol–water partition coefficient (Wildman–Crippen LogP) is 1.80. The molecule has 0 spiro atoms. The number of carbonyl (C=O) groups excluding carboxylic acids is 1. The van der Waals surface area contributed by atoms with Crippen LogP contribution in [0, 0.1) is 25.7 Å². The topological polar surface area (TPSA) is 68.9 Å². The molecular formula is C21H20N4O2. The fourth-order valence-electron chi connectivity index (χ4n) is 2.66. The van der Waals surface area contributed by atoms with Crippen molar-refractivity contribution in [3.05, 3.63) is 81.8 Å². The van der Waals surface area contributed by atoms with Crippen LogP contribution in [0.1, 0.15) is 22.6 Å². The number of likely N-dealkylation sites (N-methyl/N-ethyl adjacent to an activating group) is 1. The molecule has 2 aromatic heterocycles. The van der Waals surface area contributed by atoms with Crippen molar-refractivity contribution < 1.29 is 4.79 Å². The van der Waals surface area contributed by atoms with Crippen LogP contribution in [-0.2, 0) is 11.3 Å². The number of pyridine rings is 1. The second kappa shape index (κ2) is 7.75. The van der Waals surface area contributed by atoms with Gasteiger partial charge in [0.25, 0.3) is 5.56 Å². The Labute approximate surface area is 157 Å². The Morgan fingerprint density at radius 2 is 2.00 bits per heavy atom. The van der Waals surface area contributed by atoms with Crippen LogP contribution in [0.2, 0.25) is 0 Å². The molecule has 0 aliphatic rings. The third-order valence-corrected chi connectivity index (χ3v) is 4.09. The molecule has 0 atom stereocenters. The third-order valence-electron chi connectivity index (χ3n) is 4.09. The Bertz CT molecular complexity index is 1110. The molecule has 0 fully saturated rings. The van der Waals surface area contributed by atoms with E-state index < -0.39 is 0 Å². The molecule has 136 valence electrons. The zero-order valence-corrected chi connectivity index (χ0v) is 15.5. The van der Waals surface area contributed by atoms with Crippen LogP contribution in [0.3, 0.4) is 0 Å². The van der Waals surface area contributed by atoms with Gasteiger partial charge in [0.1, 0.15) is 18.1 Å². The van der Waals surface area contributed by atoms with Gasteiger partial charge in [0.2, 0.25) is 5.91 Å². The van der Waals surface area contributed by atoms with E-state index in [0.29, 0.717) is 11.4 Å². The summed E-state index contributed by atoms with van der Waals surface area (Å²) in [5.41, 5.74) is 3.14. The number of carbonyl (C=O) groups is 1. The van der Waals surface area contributed by atoms with Crippen LogP contribution in [-0.4, -0.2) is 27.1 Å². The molecule has 6 nitrogen and oxygen atoms in total. The highest BCUT2D eigenvalue weighted by Crippen LogP contribution is 2.10. The molecule has 0 bridgehead atoms. The van der Waals surface area contributed by atoms with Gasteiger partial charge in [-0.05, 0) is 43.5 Å². The van der Waals surface area contributed by atoms with Crippen molar-refractivity contribution in [3.8, 4) is 17.5 Å². The Morgan fingerprint density at radius 3 is 2.70 bits per heavy atom. The minimum absolute atomic E-state index is 0.00819. The van der Waals surface area contributed by atoms with Crippen molar-refractivity contribution in [1.29, 1.82) is 0 Å². The van der Waals surface area contributed by atoms with Crippen molar-refractivity contribution in [3.63, 3.8) is 0 Å². The molecule has 3 rings (SSSR count). The average Bonchev–Trinajstić information content (AvgIpc) is 3.02. The first-order valence-corrected chi connectivity index (χ1v) is 8.52. The summed E-state index contributed by atoms with van der Waals surface area (Å²) in [6, 6.07) is 11.2. The Morgan fingerprint density at radius 1 is 1.19 bits per heavy atom. The summed E-state index contributed by atoms with van der Waals surface area (Å²) in [6.45, 7) is 3.87. The maximum Gasteiger partial charge on any atom is 0.253 e. The van der Waals surface area contributed by atoms with Gasteiger partial charge < -0.3 is 14.5 Å². The minimum atomic E-state index is -0.253. The number of imidazole rings is 1. The summed E-state index contributed by atoms with van der Waals surface area (Å²) in [6.07, 6.45) is 3.40. The number of hydrogen-bond donors (Lipinski definition) is 1. The fourth-order valence-corrected chi connectivity index (χ4v) is 2.66. The van der Waals surface area contributed by atoms with E-state index in [1.165, 1.54) is 17.7 Å². The largest absolute Gasteiger partial charge is 0.358 e. The standard InChI is InChI=1S/C21H20N4O2/c1-15-5-4-6-17(11-15)7-8-18-13-25(16(2)23-18)19-9-10-24(21(27)12-19)14-20(26)22-3/h4-6,9-13H,14H2,1-3H3,(H,22,26). The second-order valence-electron chi connectivity index (χ2n) is 6.19. The van der Waals surface area contributed by atoms with Crippen LogP contribution < -0.4 is 10.9 Å². The van der Waals surface area contributed by atoms with E-state index >= 15 is 0 Å². The van der Waals surface area contributed by atoms with E-state index in [1.807, 2.05) is 42.7 Å². The monoisotopic (exact) mass is 360 g/mol. The maximum absolute atomic E-state index is 12.2. The van der Waals surface area contributed by atoms with E-state index in [0.717, 1.165) is 17.0 Å². The van der Waals surface area contributed by atoms with Gasteiger partial charge in [0, 0.05) is 31.1 Å². The lowest BCUT2D eigenvalue weighted by Crippen LogP contribution is -2.29. The predicted molar refractivity (Wildman–Crippen MR) is 104 cm³/mol. The Balaban J connectivity index is 1.88. The molecule has 0 saturated heterocycles. The molecule has 0 radical (unpaired) electrons. The highest BCUT2D eigenvalue weighted by atomic mass is 16.2. The van der Waals surface area contributed by atoms with Gasteiger partial charge in [-0.2, -0.15) is 0 Å². The third kappa shape index (κ3) is 4.33. The van der Waals surface area contributed by atoms with Crippen LogP contribution >= 0.6 is 0 Å². The van der Waals surface area contributed by atoms with Gasteiger partial charge in [-0.1, -0.05) is 18.1 Å². The first-order valence-electron chi connectivity index (χ1n) is 8.52. The van der Waals surface area contributed by atoms with E-state index in [1.54, 1.807) is 18.5 Å². The zero-order valence-electron chi connectivity index (χ0n) is 15.5. The van der Waals surface area contributed by atoms with E-state index in [9.17, 15) is 9.59 Å². The van der Waals surface area contributed by atoms with Crippen molar-refractivity contribution in [2.75, 3.05) is 7.05 Å². The van der Waals surface area contributed by atoms with E-state index in [4.69, 9.17) is 0 Å². The second-order valence-corrected chi connectivity index (χ2v) is 6.19. The van der Waals surface area contributed by atoms with Gasteiger partial charge in [0.15, 0.2) is 0 Å². The van der Waals surface area contributed by atoms with E-state index in [2.05, 4.69) is 22.1 Å². The Hall–Kier alpha value is -3.59. The number of nitrogens with one attached hydrogen (secondary N) is 1. The number of rotatable bonds is 3. The first kappa shape index (κ1) is 18.2. The normalized spacial score (nSPS) is 10.2. The molecule has 0 aliphatic carbocycles. The van der Waals surface area contributed by atoms with Crippen LogP contribution in [0.5, 0.6) is 0 Å². The number of aromatic nitrogens is 3. The molecule has 6 heteroatoms. The zero-order chi connectivity index (χ0) is 19.4. The van der Waals surface area contributed by atoms with Crippen molar-refractivity contribution in [2.45, 2.75) is 20.4 Å². The molecule has 0 unspecified atom stereocenters. The average molecular weight is 360 g/mol. The highest BCUT2D eigenvalue weighted by Gasteiger charge is 2.08. The minimum Gasteiger partial charge on any atom is -0.358 e. The van der Waals surface area contributed by atoms with Crippen LogP contribution in [0.25, 0.3) is 5.69 Å². The fraction of sp³-hybridized carbons (Fsp3) is 0.190.